The number of halogens is 2. The second kappa shape index (κ2) is 6.17. The fraction of sp³-hybridized carbons (Fsp3) is 0.200. The summed E-state index contributed by atoms with van der Waals surface area (Å²) in [5, 5.41) is 9.46. The van der Waals surface area contributed by atoms with Crippen LogP contribution < -0.4 is 5.73 Å². The number of phenolic OH excluding ortho intramolecular Hbond substituents is 1. The highest BCUT2D eigenvalue weighted by Crippen LogP contribution is 2.28. The maximum Gasteiger partial charge on any atom is 0.129 e. The summed E-state index contributed by atoms with van der Waals surface area (Å²) >= 11 is 3.27. The first-order valence-corrected chi connectivity index (χ1v) is 6.83. The van der Waals surface area contributed by atoms with Gasteiger partial charge in [-0.05, 0) is 58.2 Å². The Balaban J connectivity index is 2.24. The molecule has 0 saturated heterocycles. The van der Waals surface area contributed by atoms with Gasteiger partial charge in [-0.25, -0.2) is 4.39 Å². The van der Waals surface area contributed by atoms with Crippen molar-refractivity contribution in [3.05, 3.63) is 63.9 Å². The van der Waals surface area contributed by atoms with Crippen LogP contribution in [-0.4, -0.2) is 11.7 Å². The van der Waals surface area contributed by atoms with Gasteiger partial charge in [0.15, 0.2) is 0 Å². The summed E-state index contributed by atoms with van der Waals surface area (Å²) in [4.78, 5) is 0. The minimum absolute atomic E-state index is 0.0716. The van der Waals surface area contributed by atoms with E-state index in [1.807, 2.05) is 18.2 Å². The number of hydrogen-bond acceptors (Lipinski definition) is 2. The lowest BCUT2D eigenvalue weighted by molar-refractivity contribution is 0.471. The highest BCUT2D eigenvalue weighted by molar-refractivity contribution is 9.10. The summed E-state index contributed by atoms with van der Waals surface area (Å²) in [7, 11) is 0. The molecular weight excluding hydrogens is 309 g/mol. The highest BCUT2D eigenvalue weighted by atomic mass is 79.9. The molecule has 3 N–H and O–H groups in total. The van der Waals surface area contributed by atoms with Gasteiger partial charge in [0.25, 0.3) is 0 Å². The van der Waals surface area contributed by atoms with Crippen LogP contribution in [0.3, 0.4) is 0 Å². The largest absolute Gasteiger partial charge is 0.507 e. The SMILES string of the molecule is NCC(Cc1ccc(O)c(Br)c1)c1ccccc1F. The molecule has 0 aliphatic heterocycles. The van der Waals surface area contributed by atoms with Gasteiger partial charge in [-0.1, -0.05) is 24.3 Å². The molecule has 19 heavy (non-hydrogen) atoms. The lowest BCUT2D eigenvalue weighted by Crippen LogP contribution is -2.16. The van der Waals surface area contributed by atoms with Crippen molar-refractivity contribution < 1.29 is 9.50 Å². The minimum atomic E-state index is -0.226. The molecule has 0 aromatic heterocycles. The van der Waals surface area contributed by atoms with E-state index in [-0.39, 0.29) is 17.5 Å². The third-order valence-electron chi connectivity index (χ3n) is 3.12. The molecule has 1 atom stereocenters. The van der Waals surface area contributed by atoms with Gasteiger partial charge >= 0.3 is 0 Å². The van der Waals surface area contributed by atoms with Crippen molar-refractivity contribution in [2.24, 2.45) is 5.73 Å². The number of benzene rings is 2. The number of hydrogen-bond donors (Lipinski definition) is 2. The van der Waals surface area contributed by atoms with Crippen molar-refractivity contribution in [1.82, 2.24) is 0 Å². The van der Waals surface area contributed by atoms with Gasteiger partial charge in [0.05, 0.1) is 4.47 Å². The molecule has 0 fully saturated rings. The average Bonchev–Trinajstić information content (AvgIpc) is 2.41. The van der Waals surface area contributed by atoms with E-state index in [0.29, 0.717) is 23.0 Å². The topological polar surface area (TPSA) is 46.2 Å². The van der Waals surface area contributed by atoms with E-state index in [2.05, 4.69) is 15.9 Å². The third kappa shape index (κ3) is 3.33. The monoisotopic (exact) mass is 323 g/mol. The molecular formula is C15H15BrFNO. The standard InChI is InChI=1S/C15H15BrFNO/c16-13-8-10(5-6-15(13)19)7-11(9-18)12-3-1-2-4-14(12)17/h1-6,8,11,19H,7,9,18H2. The van der Waals surface area contributed by atoms with Gasteiger partial charge in [-0.2, -0.15) is 0 Å². The Labute approximate surface area is 120 Å². The van der Waals surface area contributed by atoms with Crippen LogP contribution in [0.5, 0.6) is 5.75 Å². The highest BCUT2D eigenvalue weighted by Gasteiger charge is 2.15. The van der Waals surface area contributed by atoms with Crippen LogP contribution in [-0.2, 0) is 6.42 Å². The second-order valence-electron chi connectivity index (χ2n) is 4.44. The number of aromatic hydroxyl groups is 1. The number of phenols is 1. The molecule has 0 bridgehead atoms. The molecule has 0 aliphatic carbocycles. The van der Waals surface area contributed by atoms with Crippen molar-refractivity contribution in [1.29, 1.82) is 0 Å². The average molecular weight is 324 g/mol. The molecule has 4 heteroatoms. The van der Waals surface area contributed by atoms with Crippen LogP contribution in [0, 0.1) is 5.82 Å². The van der Waals surface area contributed by atoms with Gasteiger partial charge in [0, 0.05) is 5.92 Å². The van der Waals surface area contributed by atoms with Crippen LogP contribution in [0.25, 0.3) is 0 Å². The van der Waals surface area contributed by atoms with E-state index >= 15 is 0 Å². The summed E-state index contributed by atoms with van der Waals surface area (Å²) in [5.74, 6) is -0.104. The van der Waals surface area contributed by atoms with Crippen LogP contribution in [0.1, 0.15) is 17.0 Å². The van der Waals surface area contributed by atoms with Gasteiger partial charge in [0.1, 0.15) is 11.6 Å². The van der Waals surface area contributed by atoms with Gasteiger partial charge < -0.3 is 10.8 Å². The summed E-state index contributed by atoms with van der Waals surface area (Å²) in [6.07, 6.45) is 0.635. The van der Waals surface area contributed by atoms with Crippen molar-refractivity contribution in [3.8, 4) is 5.75 Å². The molecule has 2 nitrogen and oxygen atoms in total. The molecule has 0 heterocycles. The molecule has 2 aromatic rings. The molecule has 100 valence electrons. The van der Waals surface area contributed by atoms with E-state index in [4.69, 9.17) is 5.73 Å². The Morgan fingerprint density at radius 2 is 1.95 bits per heavy atom. The first-order valence-electron chi connectivity index (χ1n) is 6.03. The zero-order valence-electron chi connectivity index (χ0n) is 10.3. The normalized spacial score (nSPS) is 12.4. The van der Waals surface area contributed by atoms with Gasteiger partial charge in [-0.15, -0.1) is 0 Å². The van der Waals surface area contributed by atoms with Crippen molar-refractivity contribution in [3.63, 3.8) is 0 Å². The quantitative estimate of drug-likeness (QED) is 0.903. The molecule has 0 radical (unpaired) electrons. The number of rotatable bonds is 4. The lowest BCUT2D eigenvalue weighted by Gasteiger charge is -2.16. The van der Waals surface area contributed by atoms with Crippen LogP contribution >= 0.6 is 15.9 Å². The summed E-state index contributed by atoms with van der Waals surface area (Å²) < 4.78 is 14.4. The fourth-order valence-electron chi connectivity index (χ4n) is 2.09. The summed E-state index contributed by atoms with van der Waals surface area (Å²) in [6, 6.07) is 12.0. The lowest BCUT2D eigenvalue weighted by atomic mass is 9.91. The number of nitrogens with two attached hydrogens (primary N) is 1. The summed E-state index contributed by atoms with van der Waals surface area (Å²) in [6.45, 7) is 0.374. The zero-order valence-corrected chi connectivity index (χ0v) is 11.9. The molecule has 2 aromatic carbocycles. The first kappa shape index (κ1) is 14.0. The Kier molecular flexibility index (Phi) is 4.56. The predicted molar refractivity (Wildman–Crippen MR) is 77.7 cm³/mol. The van der Waals surface area contributed by atoms with Crippen molar-refractivity contribution in [2.75, 3.05) is 6.54 Å². The maximum absolute atomic E-state index is 13.8. The van der Waals surface area contributed by atoms with E-state index in [1.54, 1.807) is 18.2 Å². The first-order chi connectivity index (χ1) is 9.11. The van der Waals surface area contributed by atoms with Crippen molar-refractivity contribution in [2.45, 2.75) is 12.3 Å². The van der Waals surface area contributed by atoms with E-state index in [1.165, 1.54) is 6.07 Å². The van der Waals surface area contributed by atoms with Crippen LogP contribution in [0.4, 0.5) is 4.39 Å². The van der Waals surface area contributed by atoms with Crippen molar-refractivity contribution >= 4 is 15.9 Å². The Bertz CT molecular complexity index is 574. The maximum atomic E-state index is 13.8. The molecule has 0 amide bonds. The minimum Gasteiger partial charge on any atom is -0.507 e. The Morgan fingerprint density at radius 3 is 2.58 bits per heavy atom. The molecule has 0 spiro atoms. The van der Waals surface area contributed by atoms with Crippen LogP contribution in [0.2, 0.25) is 0 Å². The molecule has 2 rings (SSSR count). The van der Waals surface area contributed by atoms with Crippen LogP contribution in [0.15, 0.2) is 46.9 Å². The molecule has 0 saturated carbocycles. The van der Waals surface area contributed by atoms with Gasteiger partial charge in [-0.3, -0.25) is 0 Å². The van der Waals surface area contributed by atoms with E-state index in [9.17, 15) is 9.50 Å². The smallest absolute Gasteiger partial charge is 0.129 e. The summed E-state index contributed by atoms with van der Waals surface area (Å²) in [5.41, 5.74) is 7.40. The third-order valence-corrected chi connectivity index (χ3v) is 3.76. The Morgan fingerprint density at radius 1 is 1.21 bits per heavy atom. The van der Waals surface area contributed by atoms with Gasteiger partial charge in [0.2, 0.25) is 0 Å². The molecule has 1 unspecified atom stereocenters. The molecule has 0 aliphatic rings. The predicted octanol–water partition coefficient (Wildman–Crippen LogP) is 3.58. The van der Waals surface area contributed by atoms with E-state index in [0.717, 1.165) is 5.56 Å². The Hall–Kier alpha value is -1.39. The van der Waals surface area contributed by atoms with E-state index < -0.39 is 0 Å². The fourth-order valence-corrected chi connectivity index (χ4v) is 2.51. The zero-order chi connectivity index (χ0) is 13.8. The second-order valence-corrected chi connectivity index (χ2v) is 5.30.